The number of likely N-dealkylation sites (tertiary alicyclic amines) is 1. The maximum Gasteiger partial charge on any atom is 0.124 e. The fraction of sp³-hybridized carbons (Fsp3) is 0.667. The predicted octanol–water partition coefficient (Wildman–Crippen LogP) is 2.46. The van der Waals surface area contributed by atoms with Gasteiger partial charge in [-0.1, -0.05) is 6.42 Å². The number of ether oxygens (including phenoxy) is 3. The van der Waals surface area contributed by atoms with Gasteiger partial charge in [0.2, 0.25) is 0 Å². The Labute approximate surface area is 139 Å². The third-order valence-electron chi connectivity index (χ3n) is 4.44. The monoisotopic (exact) mass is 323 g/mol. The molecule has 5 nitrogen and oxygen atoms in total. The van der Waals surface area contributed by atoms with Gasteiger partial charge in [-0.05, 0) is 44.5 Å². The summed E-state index contributed by atoms with van der Waals surface area (Å²) in [6.07, 6.45) is 3.26. The molecule has 23 heavy (non-hydrogen) atoms. The fourth-order valence-corrected chi connectivity index (χ4v) is 3.05. The molecule has 1 aromatic carbocycles. The summed E-state index contributed by atoms with van der Waals surface area (Å²) in [6, 6.07) is 6.17. The molecule has 1 aromatic rings. The van der Waals surface area contributed by atoms with Gasteiger partial charge >= 0.3 is 0 Å². The van der Waals surface area contributed by atoms with Gasteiger partial charge < -0.3 is 19.3 Å². The van der Waals surface area contributed by atoms with Crippen molar-refractivity contribution in [3.05, 3.63) is 23.8 Å². The standard InChI is InChI=1S/C18H29NO4/c1-14-6-4-5-9-19(14)11-16(20)13-23-12-15-10-17(21-2)7-8-18(15)22-3/h7-8,10,14,16,20H,4-6,9,11-13H2,1-3H3/t14-,16+/m1/s1. The molecular formula is C18H29NO4. The van der Waals surface area contributed by atoms with Crippen molar-refractivity contribution >= 4 is 0 Å². The average molecular weight is 323 g/mol. The fourth-order valence-electron chi connectivity index (χ4n) is 3.05. The van der Waals surface area contributed by atoms with E-state index in [0.717, 1.165) is 23.6 Å². The highest BCUT2D eigenvalue weighted by molar-refractivity contribution is 5.39. The number of hydrogen-bond donors (Lipinski definition) is 1. The van der Waals surface area contributed by atoms with E-state index in [1.54, 1.807) is 14.2 Å². The highest BCUT2D eigenvalue weighted by Gasteiger charge is 2.20. The van der Waals surface area contributed by atoms with Gasteiger partial charge in [-0.25, -0.2) is 0 Å². The van der Waals surface area contributed by atoms with Crippen molar-refractivity contribution in [2.24, 2.45) is 0 Å². The van der Waals surface area contributed by atoms with Gasteiger partial charge in [0, 0.05) is 18.2 Å². The molecule has 2 atom stereocenters. The first-order valence-corrected chi connectivity index (χ1v) is 8.34. The molecule has 0 unspecified atom stereocenters. The molecule has 130 valence electrons. The lowest BCUT2D eigenvalue weighted by atomic mass is 10.0. The van der Waals surface area contributed by atoms with Crippen LogP contribution in [0.2, 0.25) is 0 Å². The number of aliphatic hydroxyl groups excluding tert-OH is 1. The molecule has 2 rings (SSSR count). The highest BCUT2D eigenvalue weighted by atomic mass is 16.5. The van der Waals surface area contributed by atoms with E-state index in [0.29, 0.717) is 25.8 Å². The first kappa shape index (κ1) is 18.0. The van der Waals surface area contributed by atoms with Gasteiger partial charge in [0.25, 0.3) is 0 Å². The second-order valence-corrected chi connectivity index (χ2v) is 6.19. The first-order chi connectivity index (χ1) is 11.1. The van der Waals surface area contributed by atoms with Crippen LogP contribution in [0.3, 0.4) is 0 Å². The summed E-state index contributed by atoms with van der Waals surface area (Å²) in [5.41, 5.74) is 0.922. The van der Waals surface area contributed by atoms with E-state index in [1.807, 2.05) is 18.2 Å². The molecule has 5 heteroatoms. The van der Waals surface area contributed by atoms with Crippen molar-refractivity contribution in [1.29, 1.82) is 0 Å². The number of rotatable bonds is 8. The number of benzene rings is 1. The quantitative estimate of drug-likeness (QED) is 0.796. The maximum absolute atomic E-state index is 10.2. The number of hydrogen-bond acceptors (Lipinski definition) is 5. The zero-order valence-corrected chi connectivity index (χ0v) is 14.5. The topological polar surface area (TPSA) is 51.2 Å². The number of methoxy groups -OCH3 is 2. The molecule has 0 aromatic heterocycles. The van der Waals surface area contributed by atoms with Gasteiger partial charge in [0.1, 0.15) is 11.5 Å². The molecule has 0 aliphatic carbocycles. The second kappa shape index (κ2) is 9.11. The Kier molecular flexibility index (Phi) is 7.15. The number of nitrogens with zero attached hydrogens (tertiary/aromatic N) is 1. The highest BCUT2D eigenvalue weighted by Crippen LogP contribution is 2.24. The minimum atomic E-state index is -0.466. The molecule has 0 radical (unpaired) electrons. The van der Waals surface area contributed by atoms with Gasteiger partial charge in [-0.2, -0.15) is 0 Å². The van der Waals surface area contributed by atoms with Crippen LogP contribution in [-0.2, 0) is 11.3 Å². The van der Waals surface area contributed by atoms with Crippen LogP contribution in [0.4, 0.5) is 0 Å². The maximum atomic E-state index is 10.2. The van der Waals surface area contributed by atoms with Crippen LogP contribution in [0.25, 0.3) is 0 Å². The summed E-state index contributed by atoms with van der Waals surface area (Å²) in [4.78, 5) is 2.35. The molecule has 0 saturated carbocycles. The van der Waals surface area contributed by atoms with Gasteiger partial charge in [0.05, 0.1) is 33.5 Å². The Morgan fingerprint density at radius 2 is 2.09 bits per heavy atom. The molecule has 1 aliphatic heterocycles. The van der Waals surface area contributed by atoms with Crippen LogP contribution in [0.1, 0.15) is 31.7 Å². The van der Waals surface area contributed by atoms with E-state index in [2.05, 4.69) is 11.8 Å². The van der Waals surface area contributed by atoms with E-state index in [1.165, 1.54) is 19.3 Å². The summed E-state index contributed by atoms with van der Waals surface area (Å²) in [5.74, 6) is 1.54. The van der Waals surface area contributed by atoms with Gasteiger partial charge in [0.15, 0.2) is 0 Å². The number of β-amino-alcohol motifs (C(OH)–C–C–N with tert-alkyl or cyclic N) is 1. The summed E-state index contributed by atoms with van der Waals surface area (Å²) < 4.78 is 16.2. The Hall–Kier alpha value is -1.30. The van der Waals surface area contributed by atoms with Crippen LogP contribution in [0, 0.1) is 0 Å². The Morgan fingerprint density at radius 1 is 1.26 bits per heavy atom. The zero-order chi connectivity index (χ0) is 16.7. The molecule has 1 N–H and O–H groups in total. The Morgan fingerprint density at radius 3 is 2.78 bits per heavy atom. The van der Waals surface area contributed by atoms with Crippen LogP contribution < -0.4 is 9.47 Å². The van der Waals surface area contributed by atoms with Crippen LogP contribution in [0.5, 0.6) is 11.5 Å². The molecule has 0 amide bonds. The van der Waals surface area contributed by atoms with Gasteiger partial charge in [-0.15, -0.1) is 0 Å². The van der Waals surface area contributed by atoms with Gasteiger partial charge in [-0.3, -0.25) is 4.90 Å². The largest absolute Gasteiger partial charge is 0.497 e. The average Bonchev–Trinajstić information content (AvgIpc) is 2.57. The van der Waals surface area contributed by atoms with E-state index >= 15 is 0 Å². The van der Waals surface area contributed by atoms with Crippen molar-refractivity contribution in [2.45, 2.75) is 44.9 Å². The lowest BCUT2D eigenvalue weighted by Crippen LogP contribution is -2.43. The van der Waals surface area contributed by atoms with E-state index < -0.39 is 6.10 Å². The molecule has 1 fully saturated rings. The third-order valence-corrected chi connectivity index (χ3v) is 4.44. The molecule has 1 heterocycles. The SMILES string of the molecule is COc1ccc(OC)c(COC[C@@H](O)CN2CCCC[C@H]2C)c1. The smallest absolute Gasteiger partial charge is 0.124 e. The number of aliphatic hydroxyl groups is 1. The van der Waals surface area contributed by atoms with Crippen molar-refractivity contribution in [3.63, 3.8) is 0 Å². The second-order valence-electron chi connectivity index (χ2n) is 6.19. The van der Waals surface area contributed by atoms with E-state index in [-0.39, 0.29) is 0 Å². The van der Waals surface area contributed by atoms with Crippen LogP contribution in [-0.4, -0.2) is 56.1 Å². The first-order valence-electron chi connectivity index (χ1n) is 8.34. The Balaban J connectivity index is 1.79. The summed E-state index contributed by atoms with van der Waals surface area (Å²) in [7, 11) is 3.27. The van der Waals surface area contributed by atoms with E-state index in [4.69, 9.17) is 14.2 Å². The van der Waals surface area contributed by atoms with Crippen molar-refractivity contribution in [2.75, 3.05) is 33.9 Å². The lowest BCUT2D eigenvalue weighted by molar-refractivity contribution is -0.00180. The Bertz CT molecular complexity index is 480. The predicted molar refractivity (Wildman–Crippen MR) is 90.1 cm³/mol. The minimum Gasteiger partial charge on any atom is -0.497 e. The molecular weight excluding hydrogens is 294 g/mol. The lowest BCUT2D eigenvalue weighted by Gasteiger charge is -2.34. The van der Waals surface area contributed by atoms with Crippen LogP contribution in [0.15, 0.2) is 18.2 Å². The van der Waals surface area contributed by atoms with Crippen molar-refractivity contribution in [1.82, 2.24) is 4.90 Å². The summed E-state index contributed by atoms with van der Waals surface area (Å²) >= 11 is 0. The summed E-state index contributed by atoms with van der Waals surface area (Å²) in [6.45, 7) is 4.70. The third kappa shape index (κ3) is 5.37. The normalized spacial score (nSPS) is 20.3. The summed E-state index contributed by atoms with van der Waals surface area (Å²) in [5, 5.41) is 10.2. The number of piperidine rings is 1. The van der Waals surface area contributed by atoms with Crippen LogP contribution >= 0.6 is 0 Å². The van der Waals surface area contributed by atoms with E-state index in [9.17, 15) is 5.11 Å². The van der Waals surface area contributed by atoms with Crippen molar-refractivity contribution in [3.8, 4) is 11.5 Å². The molecule has 0 spiro atoms. The minimum absolute atomic E-state index is 0.323. The molecule has 0 bridgehead atoms. The zero-order valence-electron chi connectivity index (χ0n) is 14.5. The molecule has 1 saturated heterocycles. The van der Waals surface area contributed by atoms with Crippen molar-refractivity contribution < 1.29 is 19.3 Å². The molecule has 1 aliphatic rings.